The van der Waals surface area contributed by atoms with Crippen LogP contribution in [0.2, 0.25) is 0 Å². The molecule has 0 nitrogen and oxygen atoms in total. The summed E-state index contributed by atoms with van der Waals surface area (Å²) in [4.78, 5) is 0. The molecule has 0 saturated heterocycles. The molecule has 0 atom stereocenters. The molecule has 0 N–H and O–H groups in total. The summed E-state index contributed by atoms with van der Waals surface area (Å²) in [6.45, 7) is 4.36. The van der Waals surface area contributed by atoms with E-state index in [1.165, 1.54) is 30.4 Å². The summed E-state index contributed by atoms with van der Waals surface area (Å²) in [5.41, 5.74) is 6.06. The molecule has 0 aromatic heterocycles. The molecule has 0 radical (unpaired) electrons. The molecular weight excluding hydrogens is 391 g/mol. The Hall–Kier alpha value is -3.37. The number of fused-ring (bicyclic) bond motifs is 1. The standard InChI is InChI=1S/C31H29F/c1-3-5-6-7-24-14-17-27(18-15-24)29-21-19-28-22-26(16-20-30(28)31(29)32)13-12-25-10-8-23(4-2)9-11-25/h8-11,14-22H,3-7H2,1-2H3. The van der Waals surface area contributed by atoms with Crippen LogP contribution in [0.15, 0.2) is 78.9 Å². The molecule has 0 fully saturated rings. The third kappa shape index (κ3) is 5.09. The first-order chi connectivity index (χ1) is 15.7. The molecule has 4 aromatic rings. The lowest BCUT2D eigenvalue weighted by molar-refractivity contribution is 0.643. The zero-order valence-corrected chi connectivity index (χ0v) is 18.9. The van der Waals surface area contributed by atoms with Crippen molar-refractivity contribution < 1.29 is 4.39 Å². The van der Waals surface area contributed by atoms with Gasteiger partial charge in [0.2, 0.25) is 0 Å². The highest BCUT2D eigenvalue weighted by Crippen LogP contribution is 2.30. The molecule has 0 unspecified atom stereocenters. The van der Waals surface area contributed by atoms with Crippen molar-refractivity contribution in [1.82, 2.24) is 0 Å². The first kappa shape index (κ1) is 21.8. The van der Waals surface area contributed by atoms with E-state index in [9.17, 15) is 0 Å². The monoisotopic (exact) mass is 420 g/mol. The van der Waals surface area contributed by atoms with Gasteiger partial charge in [-0.2, -0.15) is 0 Å². The molecule has 0 aliphatic carbocycles. The average Bonchev–Trinajstić information content (AvgIpc) is 2.84. The van der Waals surface area contributed by atoms with Crippen LogP contribution in [-0.4, -0.2) is 0 Å². The van der Waals surface area contributed by atoms with Crippen LogP contribution in [0, 0.1) is 17.7 Å². The fraction of sp³-hybridized carbons (Fsp3) is 0.226. The van der Waals surface area contributed by atoms with Crippen LogP contribution in [-0.2, 0) is 12.8 Å². The van der Waals surface area contributed by atoms with Crippen molar-refractivity contribution in [3.05, 3.63) is 107 Å². The third-order valence-electron chi connectivity index (χ3n) is 6.00. The molecule has 0 aliphatic heterocycles. The van der Waals surface area contributed by atoms with Crippen LogP contribution >= 0.6 is 0 Å². The fourth-order valence-electron chi connectivity index (χ4n) is 3.99. The van der Waals surface area contributed by atoms with Crippen molar-refractivity contribution in [2.75, 3.05) is 0 Å². The lowest BCUT2D eigenvalue weighted by Gasteiger charge is -2.09. The number of hydrogen-bond acceptors (Lipinski definition) is 0. The number of aryl methyl sites for hydroxylation is 2. The van der Waals surface area contributed by atoms with Gasteiger partial charge in [0.1, 0.15) is 5.82 Å². The SMILES string of the molecule is CCCCCc1ccc(-c2ccc3cc(C#Cc4ccc(CC)cc4)ccc3c2F)cc1. The normalized spacial score (nSPS) is 10.7. The summed E-state index contributed by atoms with van der Waals surface area (Å²) in [6, 6.07) is 26.2. The summed E-state index contributed by atoms with van der Waals surface area (Å²) in [5.74, 6) is 6.25. The predicted octanol–water partition coefficient (Wildman–Crippen LogP) is 8.34. The summed E-state index contributed by atoms with van der Waals surface area (Å²) in [7, 11) is 0. The second kappa shape index (κ2) is 10.3. The van der Waals surface area contributed by atoms with Gasteiger partial charge in [-0.05, 0) is 65.6 Å². The number of benzene rings is 4. The molecule has 0 bridgehead atoms. The maximum atomic E-state index is 15.3. The zero-order chi connectivity index (χ0) is 22.3. The van der Waals surface area contributed by atoms with Crippen molar-refractivity contribution in [3.8, 4) is 23.0 Å². The molecular formula is C31H29F. The summed E-state index contributed by atoms with van der Waals surface area (Å²) >= 11 is 0. The van der Waals surface area contributed by atoms with Gasteiger partial charge in [0.25, 0.3) is 0 Å². The summed E-state index contributed by atoms with van der Waals surface area (Å²) in [6.07, 6.45) is 5.78. The van der Waals surface area contributed by atoms with Crippen LogP contribution < -0.4 is 0 Å². The first-order valence-electron chi connectivity index (χ1n) is 11.6. The average molecular weight is 421 g/mol. The van der Waals surface area contributed by atoms with Crippen molar-refractivity contribution >= 4 is 10.8 Å². The van der Waals surface area contributed by atoms with Gasteiger partial charge in [0, 0.05) is 22.1 Å². The van der Waals surface area contributed by atoms with Gasteiger partial charge in [0.05, 0.1) is 0 Å². The van der Waals surface area contributed by atoms with Crippen LogP contribution in [0.4, 0.5) is 4.39 Å². The third-order valence-corrected chi connectivity index (χ3v) is 6.00. The van der Waals surface area contributed by atoms with E-state index >= 15 is 4.39 Å². The lowest BCUT2D eigenvalue weighted by Crippen LogP contribution is -1.90. The van der Waals surface area contributed by atoms with E-state index in [1.54, 1.807) is 0 Å². The van der Waals surface area contributed by atoms with Gasteiger partial charge in [-0.1, -0.05) is 93.1 Å². The Morgan fingerprint density at radius 3 is 2.09 bits per heavy atom. The Labute approximate surface area is 191 Å². The van der Waals surface area contributed by atoms with E-state index in [0.29, 0.717) is 10.9 Å². The van der Waals surface area contributed by atoms with Crippen LogP contribution in [0.1, 0.15) is 55.4 Å². The van der Waals surface area contributed by atoms with E-state index in [4.69, 9.17) is 0 Å². The minimum Gasteiger partial charge on any atom is -0.206 e. The smallest absolute Gasteiger partial charge is 0.138 e. The van der Waals surface area contributed by atoms with Crippen LogP contribution in [0.25, 0.3) is 21.9 Å². The zero-order valence-electron chi connectivity index (χ0n) is 18.9. The lowest BCUT2D eigenvalue weighted by atomic mass is 9.97. The molecule has 0 aliphatic rings. The molecule has 0 saturated carbocycles. The minimum atomic E-state index is -0.170. The molecule has 0 heterocycles. The van der Waals surface area contributed by atoms with Crippen molar-refractivity contribution in [2.24, 2.45) is 0 Å². The van der Waals surface area contributed by atoms with Crippen LogP contribution in [0.3, 0.4) is 0 Å². The number of unbranched alkanes of at least 4 members (excludes halogenated alkanes) is 2. The predicted molar refractivity (Wildman–Crippen MR) is 134 cm³/mol. The highest BCUT2D eigenvalue weighted by Gasteiger charge is 2.10. The largest absolute Gasteiger partial charge is 0.206 e. The Kier molecular flexibility index (Phi) is 7.03. The van der Waals surface area contributed by atoms with Crippen molar-refractivity contribution in [1.29, 1.82) is 0 Å². The van der Waals surface area contributed by atoms with Gasteiger partial charge in [0.15, 0.2) is 0 Å². The maximum Gasteiger partial charge on any atom is 0.138 e. The molecule has 1 heteroatoms. The fourth-order valence-corrected chi connectivity index (χ4v) is 3.99. The van der Waals surface area contributed by atoms with E-state index < -0.39 is 0 Å². The van der Waals surface area contributed by atoms with Crippen molar-refractivity contribution in [3.63, 3.8) is 0 Å². The van der Waals surface area contributed by atoms with Gasteiger partial charge in [-0.25, -0.2) is 4.39 Å². The Balaban J connectivity index is 1.56. The van der Waals surface area contributed by atoms with Gasteiger partial charge < -0.3 is 0 Å². The van der Waals surface area contributed by atoms with E-state index in [0.717, 1.165) is 34.9 Å². The summed E-state index contributed by atoms with van der Waals surface area (Å²) in [5, 5.41) is 1.50. The topological polar surface area (TPSA) is 0 Å². The molecule has 32 heavy (non-hydrogen) atoms. The Morgan fingerprint density at radius 1 is 0.688 bits per heavy atom. The molecule has 0 spiro atoms. The Morgan fingerprint density at radius 2 is 1.38 bits per heavy atom. The quantitative estimate of drug-likeness (QED) is 0.217. The maximum absolute atomic E-state index is 15.3. The second-order valence-electron chi connectivity index (χ2n) is 8.32. The number of hydrogen-bond donors (Lipinski definition) is 0. The number of halogens is 1. The van der Waals surface area contributed by atoms with Crippen molar-refractivity contribution in [2.45, 2.75) is 46.0 Å². The summed E-state index contributed by atoms with van der Waals surface area (Å²) < 4.78 is 15.3. The highest BCUT2D eigenvalue weighted by atomic mass is 19.1. The number of rotatable bonds is 6. The van der Waals surface area contributed by atoms with E-state index in [1.807, 2.05) is 54.6 Å². The second-order valence-corrected chi connectivity index (χ2v) is 8.32. The first-order valence-corrected chi connectivity index (χ1v) is 11.6. The van der Waals surface area contributed by atoms with E-state index in [-0.39, 0.29) is 5.82 Å². The minimum absolute atomic E-state index is 0.170. The molecule has 4 rings (SSSR count). The molecule has 160 valence electrons. The Bertz CT molecular complexity index is 1250. The highest BCUT2D eigenvalue weighted by molar-refractivity contribution is 5.89. The van der Waals surface area contributed by atoms with Crippen LogP contribution in [0.5, 0.6) is 0 Å². The molecule has 4 aromatic carbocycles. The van der Waals surface area contributed by atoms with E-state index in [2.05, 4.69) is 50.0 Å². The van der Waals surface area contributed by atoms with Gasteiger partial charge in [-0.15, -0.1) is 0 Å². The molecule has 0 amide bonds. The van der Waals surface area contributed by atoms with Gasteiger partial charge >= 0.3 is 0 Å². The van der Waals surface area contributed by atoms with Gasteiger partial charge in [-0.3, -0.25) is 0 Å².